The van der Waals surface area contributed by atoms with Crippen molar-refractivity contribution in [3.05, 3.63) is 114 Å². The van der Waals surface area contributed by atoms with Crippen LogP contribution in [0.1, 0.15) is 42.2 Å². The van der Waals surface area contributed by atoms with E-state index in [9.17, 15) is 9.90 Å². The zero-order valence-corrected chi connectivity index (χ0v) is 22.8. The van der Waals surface area contributed by atoms with E-state index in [2.05, 4.69) is 29.4 Å². The van der Waals surface area contributed by atoms with E-state index in [1.165, 1.54) is 0 Å². The maximum atomic E-state index is 12.7. The van der Waals surface area contributed by atoms with Crippen LogP contribution in [-0.2, 0) is 16.1 Å². The van der Waals surface area contributed by atoms with E-state index in [4.69, 9.17) is 9.47 Å². The van der Waals surface area contributed by atoms with Crippen molar-refractivity contribution in [2.75, 3.05) is 25.2 Å². The molecule has 4 aromatic rings. The van der Waals surface area contributed by atoms with Gasteiger partial charge in [0.05, 0.1) is 30.0 Å². The summed E-state index contributed by atoms with van der Waals surface area (Å²) in [5.41, 5.74) is 4.36. The minimum absolute atomic E-state index is 0.0183. The van der Waals surface area contributed by atoms with Gasteiger partial charge in [0.2, 0.25) is 0 Å². The van der Waals surface area contributed by atoms with Gasteiger partial charge in [0, 0.05) is 31.5 Å². The van der Waals surface area contributed by atoms with Crippen molar-refractivity contribution >= 4 is 17.3 Å². The molecule has 8 heteroatoms. The van der Waals surface area contributed by atoms with Gasteiger partial charge in [-0.3, -0.25) is 14.4 Å². The van der Waals surface area contributed by atoms with Gasteiger partial charge in [0.25, 0.3) is 5.91 Å². The summed E-state index contributed by atoms with van der Waals surface area (Å²) in [4.78, 5) is 14.4. The minimum atomic E-state index is -0.185. The molecule has 1 aromatic heterocycles. The van der Waals surface area contributed by atoms with E-state index in [0.717, 1.165) is 34.6 Å². The van der Waals surface area contributed by atoms with Gasteiger partial charge in [-0.15, -0.1) is 5.10 Å². The lowest BCUT2D eigenvalue weighted by atomic mass is 9.96. The molecule has 40 heavy (non-hydrogen) atoms. The fourth-order valence-corrected chi connectivity index (χ4v) is 5.11. The quantitative estimate of drug-likeness (QED) is 0.256. The lowest BCUT2D eigenvalue weighted by Crippen LogP contribution is -2.35. The molecule has 1 aliphatic rings. The number of allylic oxidation sites excluding steroid dienone is 1. The number of carbonyl (C=O) groups is 1. The Labute approximate surface area is 234 Å². The highest BCUT2D eigenvalue weighted by atomic mass is 16.5. The molecule has 5 rings (SSSR count). The Morgan fingerprint density at radius 2 is 1.77 bits per heavy atom. The number of rotatable bonds is 11. The third-order valence-corrected chi connectivity index (χ3v) is 7.18. The molecule has 3 aromatic carbocycles. The number of nitrogens with zero attached hydrogens (tertiary/aromatic N) is 4. The molecular formula is C32H34N4O4. The third-order valence-electron chi connectivity index (χ3n) is 7.18. The molecule has 1 aliphatic heterocycles. The molecule has 0 bridgehead atoms. The number of aliphatic hydroxyl groups excluding tert-OH is 1. The number of anilines is 2. The van der Waals surface area contributed by atoms with Gasteiger partial charge in [-0.05, 0) is 41.8 Å². The zero-order chi connectivity index (χ0) is 27.9. The molecule has 206 valence electrons. The molecule has 0 radical (unpaired) electrons. The lowest BCUT2D eigenvalue weighted by Gasteiger charge is -2.29. The van der Waals surface area contributed by atoms with Gasteiger partial charge in [-0.1, -0.05) is 78.9 Å². The highest BCUT2D eigenvalue weighted by Crippen LogP contribution is 2.37. The fourth-order valence-electron chi connectivity index (χ4n) is 5.11. The van der Waals surface area contributed by atoms with E-state index in [-0.39, 0.29) is 37.1 Å². The van der Waals surface area contributed by atoms with Crippen LogP contribution in [-0.4, -0.2) is 46.3 Å². The summed E-state index contributed by atoms with van der Waals surface area (Å²) in [5.74, 6) is 0.545. The van der Waals surface area contributed by atoms with Crippen molar-refractivity contribution < 1.29 is 19.4 Å². The Bertz CT molecular complexity index is 1430. The molecule has 0 spiro atoms. The highest BCUT2D eigenvalue weighted by molar-refractivity contribution is 6.04. The van der Waals surface area contributed by atoms with E-state index in [0.29, 0.717) is 12.3 Å². The van der Waals surface area contributed by atoms with Gasteiger partial charge in [0.1, 0.15) is 5.75 Å². The maximum absolute atomic E-state index is 12.7. The standard InChI is InChI=1S/C32H34N4O4/c1-23(10-8-9-19-35-20-28(33-34-35)27(21-37)24-11-4-3-5-12-24)32(39-2)25-15-17-26(18-16-25)36-29-13-6-7-14-30(29)40-22-31(36)38/h3-8,10-18,20,23,27,32,37H,9,19,21-22H2,1-2H3/b10-8+/t23-,27?,32+/m0/s1. The highest BCUT2D eigenvalue weighted by Gasteiger charge is 2.27. The Balaban J connectivity index is 1.19. The fraction of sp³-hybridized carbons (Fsp3) is 0.281. The van der Waals surface area contributed by atoms with Crippen LogP contribution in [0.25, 0.3) is 0 Å². The molecule has 0 aliphatic carbocycles. The number of aromatic nitrogens is 3. The van der Waals surface area contributed by atoms with Crippen LogP contribution < -0.4 is 9.64 Å². The van der Waals surface area contributed by atoms with Gasteiger partial charge >= 0.3 is 0 Å². The van der Waals surface area contributed by atoms with Crippen molar-refractivity contribution in [3.63, 3.8) is 0 Å². The van der Waals surface area contributed by atoms with Crippen LogP contribution in [0.15, 0.2) is 97.2 Å². The number of methoxy groups -OCH3 is 1. The van der Waals surface area contributed by atoms with Crippen LogP contribution in [0.2, 0.25) is 0 Å². The monoisotopic (exact) mass is 538 g/mol. The summed E-state index contributed by atoms with van der Waals surface area (Å²) in [7, 11) is 1.71. The molecular weight excluding hydrogens is 504 g/mol. The van der Waals surface area contributed by atoms with Crippen LogP contribution in [0.4, 0.5) is 11.4 Å². The predicted molar refractivity (Wildman–Crippen MR) is 154 cm³/mol. The summed E-state index contributed by atoms with van der Waals surface area (Å²) in [6, 6.07) is 25.3. The number of amides is 1. The van der Waals surface area contributed by atoms with Crippen molar-refractivity contribution in [2.24, 2.45) is 5.92 Å². The Hall–Kier alpha value is -4.27. The molecule has 3 atom stereocenters. The molecule has 1 amide bonds. The largest absolute Gasteiger partial charge is 0.482 e. The topological polar surface area (TPSA) is 89.7 Å². The predicted octanol–water partition coefficient (Wildman–Crippen LogP) is 5.43. The van der Waals surface area contributed by atoms with Crippen molar-refractivity contribution in [3.8, 4) is 5.75 Å². The third kappa shape index (κ3) is 5.98. The first-order valence-electron chi connectivity index (χ1n) is 13.5. The summed E-state index contributed by atoms with van der Waals surface area (Å²) in [6.07, 6.45) is 6.85. The number of hydrogen-bond acceptors (Lipinski definition) is 6. The number of fused-ring (bicyclic) bond motifs is 1. The van der Waals surface area contributed by atoms with E-state index in [1.54, 1.807) is 12.0 Å². The molecule has 8 nitrogen and oxygen atoms in total. The Morgan fingerprint density at radius 1 is 1.02 bits per heavy atom. The summed E-state index contributed by atoms with van der Waals surface area (Å²) < 4.78 is 13.2. The normalized spacial score (nSPS) is 15.5. The molecule has 1 unspecified atom stereocenters. The maximum Gasteiger partial charge on any atom is 0.269 e. The SMILES string of the molecule is CO[C@@H](c1ccc(N2C(=O)COc3ccccc32)cc1)[C@@H](C)/C=C/CCn1cc(C(CO)c2ccccc2)nn1. The first-order valence-corrected chi connectivity index (χ1v) is 13.5. The van der Waals surface area contributed by atoms with Crippen LogP contribution in [0.5, 0.6) is 5.75 Å². The number of carbonyl (C=O) groups excluding carboxylic acids is 1. The second-order valence-electron chi connectivity index (χ2n) is 9.86. The Morgan fingerprint density at radius 3 is 2.52 bits per heavy atom. The van der Waals surface area contributed by atoms with E-state index < -0.39 is 0 Å². The van der Waals surface area contributed by atoms with Gasteiger partial charge in [0.15, 0.2) is 6.61 Å². The van der Waals surface area contributed by atoms with Crippen molar-refractivity contribution in [1.82, 2.24) is 15.0 Å². The number of aryl methyl sites for hydroxylation is 1. The lowest BCUT2D eigenvalue weighted by molar-refractivity contribution is -0.120. The number of para-hydroxylation sites is 2. The second kappa shape index (κ2) is 12.7. The summed E-state index contributed by atoms with van der Waals surface area (Å²) in [6.45, 7) is 2.81. The molecule has 1 N–H and O–H groups in total. The smallest absolute Gasteiger partial charge is 0.269 e. The zero-order valence-electron chi connectivity index (χ0n) is 22.8. The molecule has 2 heterocycles. The summed E-state index contributed by atoms with van der Waals surface area (Å²) >= 11 is 0. The second-order valence-corrected chi connectivity index (χ2v) is 9.86. The molecule has 0 fully saturated rings. The van der Waals surface area contributed by atoms with Crippen molar-refractivity contribution in [1.29, 1.82) is 0 Å². The average Bonchev–Trinajstić information content (AvgIpc) is 3.45. The van der Waals surface area contributed by atoms with Crippen LogP contribution in [0, 0.1) is 5.92 Å². The average molecular weight is 539 g/mol. The molecule has 0 saturated heterocycles. The minimum Gasteiger partial charge on any atom is -0.482 e. The van der Waals surface area contributed by atoms with Crippen LogP contribution >= 0.6 is 0 Å². The Kier molecular flexibility index (Phi) is 8.68. The molecule has 0 saturated carbocycles. The summed E-state index contributed by atoms with van der Waals surface area (Å²) in [5, 5.41) is 18.4. The first-order chi connectivity index (χ1) is 19.6. The van der Waals surface area contributed by atoms with E-state index in [1.807, 2.05) is 89.7 Å². The van der Waals surface area contributed by atoms with Crippen molar-refractivity contribution in [2.45, 2.75) is 31.9 Å². The number of benzene rings is 3. The number of hydrogen-bond donors (Lipinski definition) is 1. The van der Waals surface area contributed by atoms with Gasteiger partial charge in [-0.2, -0.15) is 0 Å². The van der Waals surface area contributed by atoms with E-state index >= 15 is 0 Å². The number of aliphatic hydroxyl groups is 1. The van der Waals surface area contributed by atoms with Gasteiger partial charge in [-0.25, -0.2) is 0 Å². The van der Waals surface area contributed by atoms with Crippen LogP contribution in [0.3, 0.4) is 0 Å². The van der Waals surface area contributed by atoms with Gasteiger partial charge < -0.3 is 14.6 Å². The number of ether oxygens (including phenoxy) is 2. The first kappa shape index (κ1) is 27.3.